The average Bonchev–Trinajstić information content (AvgIpc) is 2.54. The summed E-state index contributed by atoms with van der Waals surface area (Å²) in [4.78, 5) is 34.6. The number of halogens is 4. The highest BCUT2D eigenvalue weighted by atomic mass is 19.2. The second-order valence-electron chi connectivity index (χ2n) is 5.02. The largest absolute Gasteiger partial charge is 0.448 e. The molecule has 2 N–H and O–H groups in total. The maximum Gasteiger partial charge on any atom is 0.355 e. The molecular formula is C14H11F4N3O4. The smallest absolute Gasteiger partial charge is 0.355 e. The van der Waals surface area contributed by atoms with Crippen LogP contribution in [0.15, 0.2) is 11.2 Å². The topological polar surface area (TPSA) is 102 Å². The van der Waals surface area contributed by atoms with E-state index in [1.54, 1.807) is 0 Å². The Hall–Kier alpha value is -2.98. The lowest BCUT2D eigenvalue weighted by molar-refractivity contribution is -0.147. The van der Waals surface area contributed by atoms with Crippen LogP contribution < -0.4 is 10.7 Å². The third-order valence-electron chi connectivity index (χ3n) is 3.25. The highest BCUT2D eigenvalue weighted by Gasteiger charge is 2.33. The maximum absolute atomic E-state index is 13.8. The van der Waals surface area contributed by atoms with Gasteiger partial charge < -0.3 is 10.5 Å². The first kappa shape index (κ1) is 18.4. The number of hydrogen-bond acceptors (Lipinski definition) is 5. The number of hydrogen-bond donors (Lipinski definition) is 1. The Morgan fingerprint density at radius 3 is 2.28 bits per heavy atom. The Morgan fingerprint density at radius 2 is 1.76 bits per heavy atom. The Morgan fingerprint density at radius 1 is 1.20 bits per heavy atom. The van der Waals surface area contributed by atoms with Gasteiger partial charge in [-0.1, -0.05) is 0 Å². The second kappa shape index (κ2) is 6.87. The number of nitrogens with two attached hydrogens (primary N) is 1. The average molecular weight is 361 g/mol. The molecule has 7 nitrogen and oxygen atoms in total. The predicted molar refractivity (Wildman–Crippen MR) is 75.2 cm³/mol. The van der Waals surface area contributed by atoms with Gasteiger partial charge in [-0.2, -0.15) is 10.1 Å². The fourth-order valence-corrected chi connectivity index (χ4v) is 1.91. The molecule has 0 fully saturated rings. The van der Waals surface area contributed by atoms with Gasteiger partial charge >= 0.3 is 5.97 Å². The molecule has 0 aromatic heterocycles. The number of anilines is 1. The Bertz CT molecular complexity index is 771. The molecule has 0 saturated carbocycles. The zero-order chi connectivity index (χ0) is 18.9. The van der Waals surface area contributed by atoms with Crippen LogP contribution in [-0.2, 0) is 19.1 Å². The van der Waals surface area contributed by atoms with Crippen molar-refractivity contribution < 1.29 is 36.7 Å². The summed E-state index contributed by atoms with van der Waals surface area (Å²) in [5.74, 6) is -10.3. The standard InChI is InChI=1S/C14H11F4N3O4/c1-5(13(19)23)25-14(24)8-2-3-9(22)21(20-8)12-10(17)6(15)4-7(16)11(12)18/h4-5H,2-3H2,1H3,(H2,19,23)/t5-/m0/s1. The molecule has 1 atom stereocenters. The monoisotopic (exact) mass is 361 g/mol. The van der Waals surface area contributed by atoms with Gasteiger partial charge in [0.1, 0.15) is 11.4 Å². The summed E-state index contributed by atoms with van der Waals surface area (Å²) in [6.07, 6.45) is -2.02. The Kier molecular flexibility index (Phi) is 5.04. The minimum absolute atomic E-state index is 0.0317. The summed E-state index contributed by atoms with van der Waals surface area (Å²) in [6.45, 7) is 1.17. The normalized spacial score (nSPS) is 15.6. The van der Waals surface area contributed by atoms with Crippen LogP contribution in [0.2, 0.25) is 0 Å². The molecule has 11 heteroatoms. The Labute approximate surface area is 138 Å². The van der Waals surface area contributed by atoms with Crippen LogP contribution in [0, 0.1) is 23.3 Å². The lowest BCUT2D eigenvalue weighted by atomic mass is 10.1. The minimum Gasteiger partial charge on any atom is -0.448 e. The SMILES string of the molecule is C[C@H](OC(=O)C1=NN(c2c(F)c(F)cc(F)c2F)C(=O)CC1)C(N)=O. The van der Waals surface area contributed by atoms with Crippen molar-refractivity contribution in [3.63, 3.8) is 0 Å². The molecule has 0 aliphatic carbocycles. The van der Waals surface area contributed by atoms with Gasteiger partial charge in [0.05, 0.1) is 0 Å². The number of esters is 1. The number of carbonyl (C=O) groups excluding carboxylic acids is 3. The number of benzene rings is 1. The molecule has 1 aliphatic heterocycles. The highest BCUT2D eigenvalue weighted by Crippen LogP contribution is 2.30. The number of primary amides is 1. The van der Waals surface area contributed by atoms with Crippen LogP contribution in [0.25, 0.3) is 0 Å². The molecule has 1 aromatic rings. The summed E-state index contributed by atoms with van der Waals surface area (Å²) in [5, 5.41) is 3.46. The fourth-order valence-electron chi connectivity index (χ4n) is 1.91. The molecule has 0 spiro atoms. The molecule has 1 heterocycles. The summed E-state index contributed by atoms with van der Waals surface area (Å²) in [5.41, 5.74) is 3.06. The van der Waals surface area contributed by atoms with E-state index in [4.69, 9.17) is 5.73 Å². The van der Waals surface area contributed by atoms with Gasteiger partial charge in [-0.05, 0) is 6.92 Å². The molecule has 0 saturated heterocycles. The van der Waals surface area contributed by atoms with Crippen molar-refractivity contribution in [2.75, 3.05) is 5.01 Å². The fraction of sp³-hybridized carbons (Fsp3) is 0.286. The molecule has 0 bridgehead atoms. The Balaban J connectivity index is 2.43. The van der Waals surface area contributed by atoms with E-state index < -0.39 is 65.0 Å². The van der Waals surface area contributed by atoms with Crippen molar-refractivity contribution in [1.29, 1.82) is 0 Å². The minimum atomic E-state index is -1.85. The third-order valence-corrected chi connectivity index (χ3v) is 3.25. The molecular weight excluding hydrogens is 350 g/mol. The van der Waals surface area contributed by atoms with Gasteiger partial charge in [-0.3, -0.25) is 9.59 Å². The van der Waals surface area contributed by atoms with E-state index >= 15 is 0 Å². The van der Waals surface area contributed by atoms with E-state index in [1.165, 1.54) is 6.92 Å². The van der Waals surface area contributed by atoms with Crippen LogP contribution >= 0.6 is 0 Å². The van der Waals surface area contributed by atoms with Crippen LogP contribution in [0.5, 0.6) is 0 Å². The lowest BCUT2D eigenvalue weighted by Gasteiger charge is -2.24. The van der Waals surface area contributed by atoms with Gasteiger partial charge in [0.2, 0.25) is 5.91 Å². The number of nitrogens with zero attached hydrogens (tertiary/aromatic N) is 2. The second-order valence-corrected chi connectivity index (χ2v) is 5.02. The summed E-state index contributed by atoms with van der Waals surface area (Å²) >= 11 is 0. The zero-order valence-corrected chi connectivity index (χ0v) is 12.7. The van der Waals surface area contributed by atoms with Crippen molar-refractivity contribution in [2.24, 2.45) is 10.8 Å². The van der Waals surface area contributed by atoms with Crippen molar-refractivity contribution in [3.8, 4) is 0 Å². The number of hydrazone groups is 1. The predicted octanol–water partition coefficient (Wildman–Crippen LogP) is 1.14. The van der Waals surface area contributed by atoms with Crippen LogP contribution in [0.4, 0.5) is 23.2 Å². The molecule has 0 radical (unpaired) electrons. The van der Waals surface area contributed by atoms with Crippen molar-refractivity contribution in [1.82, 2.24) is 0 Å². The summed E-state index contributed by atoms with van der Waals surface area (Å²) in [7, 11) is 0. The van der Waals surface area contributed by atoms with Gasteiger partial charge in [-0.15, -0.1) is 0 Å². The molecule has 1 aromatic carbocycles. The number of carbonyl (C=O) groups is 3. The first-order valence-corrected chi connectivity index (χ1v) is 6.87. The van der Waals surface area contributed by atoms with E-state index in [2.05, 4.69) is 9.84 Å². The molecule has 1 aliphatic rings. The first-order valence-electron chi connectivity index (χ1n) is 6.87. The van der Waals surface area contributed by atoms with Crippen molar-refractivity contribution in [2.45, 2.75) is 25.9 Å². The van der Waals surface area contributed by atoms with Gasteiger partial charge in [0.25, 0.3) is 5.91 Å². The first-order chi connectivity index (χ1) is 11.6. The highest BCUT2D eigenvalue weighted by molar-refractivity contribution is 6.38. The summed E-state index contributed by atoms with van der Waals surface area (Å²) < 4.78 is 58.9. The number of amides is 2. The number of rotatable bonds is 4. The molecule has 25 heavy (non-hydrogen) atoms. The van der Waals surface area contributed by atoms with Crippen LogP contribution in [-0.4, -0.2) is 29.6 Å². The van der Waals surface area contributed by atoms with Crippen molar-refractivity contribution in [3.05, 3.63) is 29.3 Å². The van der Waals surface area contributed by atoms with Gasteiger partial charge in [-0.25, -0.2) is 22.4 Å². The van der Waals surface area contributed by atoms with E-state index in [0.717, 1.165) is 0 Å². The van der Waals surface area contributed by atoms with E-state index in [-0.39, 0.29) is 17.5 Å². The molecule has 2 rings (SSSR count). The maximum atomic E-state index is 13.8. The molecule has 0 unspecified atom stereocenters. The van der Waals surface area contributed by atoms with E-state index in [1.807, 2.05) is 0 Å². The van der Waals surface area contributed by atoms with Crippen LogP contribution in [0.1, 0.15) is 19.8 Å². The number of ether oxygens (including phenoxy) is 1. The zero-order valence-electron chi connectivity index (χ0n) is 12.7. The quantitative estimate of drug-likeness (QED) is 0.494. The van der Waals surface area contributed by atoms with Crippen LogP contribution in [0.3, 0.4) is 0 Å². The van der Waals surface area contributed by atoms with E-state index in [9.17, 15) is 31.9 Å². The van der Waals surface area contributed by atoms with E-state index in [0.29, 0.717) is 0 Å². The van der Waals surface area contributed by atoms with Crippen molar-refractivity contribution >= 4 is 29.2 Å². The van der Waals surface area contributed by atoms with Gasteiger partial charge in [0, 0.05) is 18.9 Å². The molecule has 2 amide bonds. The lowest BCUT2D eigenvalue weighted by Crippen LogP contribution is -2.38. The molecule has 134 valence electrons. The summed E-state index contributed by atoms with van der Waals surface area (Å²) in [6, 6.07) is -0.0317. The third kappa shape index (κ3) is 3.59. The van der Waals surface area contributed by atoms with Gasteiger partial charge in [0.15, 0.2) is 29.4 Å².